The van der Waals surface area contributed by atoms with E-state index in [4.69, 9.17) is 4.74 Å². The number of anilines is 1. The third-order valence-electron chi connectivity index (χ3n) is 9.20. The molecule has 0 spiro atoms. The molecule has 0 unspecified atom stereocenters. The predicted molar refractivity (Wildman–Crippen MR) is 190 cm³/mol. The van der Waals surface area contributed by atoms with Crippen LogP contribution in [-0.2, 0) is 27.5 Å². The smallest absolute Gasteiger partial charge is 0.248 e. The number of hydrogen-bond acceptors (Lipinski definition) is 9. The highest BCUT2D eigenvalue weighted by Gasteiger charge is 2.67. The van der Waals surface area contributed by atoms with E-state index in [0.717, 1.165) is 24.1 Å². The molecular weight excluding hydrogens is 688 g/mol. The molecule has 1 aliphatic carbocycles. The summed E-state index contributed by atoms with van der Waals surface area (Å²) in [6.45, 7) is 12.7. The first-order chi connectivity index (χ1) is 23.5. The second-order valence-electron chi connectivity index (χ2n) is 12.8. The molecule has 49 heavy (non-hydrogen) atoms. The van der Waals surface area contributed by atoms with E-state index in [2.05, 4.69) is 59.4 Å². The fourth-order valence-electron chi connectivity index (χ4n) is 6.90. The fourth-order valence-corrected chi connectivity index (χ4v) is 7.20. The van der Waals surface area contributed by atoms with Gasteiger partial charge in [-0.15, -0.1) is 13.2 Å². The number of hydrogen-bond donors (Lipinski definition) is 1. The minimum atomic E-state index is -0.728. The lowest BCUT2D eigenvalue weighted by molar-refractivity contribution is -0.138. The molecule has 12 nitrogen and oxygen atoms in total. The molecule has 1 aliphatic heterocycles. The molecule has 1 saturated heterocycles. The fraction of sp³-hybridized carbons (Fsp3) is 0.361. The summed E-state index contributed by atoms with van der Waals surface area (Å²) in [6, 6.07) is 8.41. The summed E-state index contributed by atoms with van der Waals surface area (Å²) in [6.07, 6.45) is 8.27. The summed E-state index contributed by atoms with van der Waals surface area (Å²) in [5.74, 6) is 0.248. The normalized spacial score (nSPS) is 19.6. The standard InChI is InChI=1S/C36H39BrN8O4/c1-6-12-43(5)21-36-15-29(35(48)41-34-25(20-49-13-7-2)9-11-31(37)40-34)45(30(36)16-36)32(47)19-44-28-10-8-24(26-17-38-23(4)39-18-26)14-27(28)33(42-44)22(3)46/h6-11,14,17-18,29-30H,1-2,12-13,15-16,19-21H2,3-5H3,(H,40,41,48)/t29-,30+,36-/m0/s1. The number of benzene rings is 1. The molecule has 4 aromatic rings. The zero-order chi connectivity index (χ0) is 34.9. The van der Waals surface area contributed by atoms with E-state index in [1.807, 2.05) is 44.3 Å². The molecule has 2 amide bonds. The van der Waals surface area contributed by atoms with Gasteiger partial charge >= 0.3 is 0 Å². The Kier molecular flexibility index (Phi) is 9.87. The number of aromatic nitrogens is 5. The van der Waals surface area contributed by atoms with Crippen LogP contribution in [0.1, 0.15) is 41.6 Å². The van der Waals surface area contributed by atoms with Crippen molar-refractivity contribution in [2.45, 2.75) is 51.9 Å². The summed E-state index contributed by atoms with van der Waals surface area (Å²) in [7, 11) is 2.02. The molecule has 2 aliphatic rings. The number of halogens is 1. The minimum absolute atomic E-state index is 0.115. The highest BCUT2D eigenvalue weighted by molar-refractivity contribution is 9.10. The zero-order valence-electron chi connectivity index (χ0n) is 27.9. The van der Waals surface area contributed by atoms with Crippen LogP contribution < -0.4 is 5.32 Å². The Hall–Kier alpha value is -4.59. The van der Waals surface area contributed by atoms with Crippen molar-refractivity contribution in [2.75, 3.05) is 32.1 Å². The maximum absolute atomic E-state index is 14.3. The number of nitrogens with one attached hydrogen (secondary N) is 1. The van der Waals surface area contributed by atoms with Gasteiger partial charge in [0.05, 0.1) is 18.7 Å². The lowest BCUT2D eigenvalue weighted by Gasteiger charge is -2.27. The lowest BCUT2D eigenvalue weighted by atomic mass is 9.98. The van der Waals surface area contributed by atoms with Gasteiger partial charge < -0.3 is 19.9 Å². The molecule has 3 aromatic heterocycles. The third-order valence-corrected chi connectivity index (χ3v) is 9.64. The van der Waals surface area contributed by atoms with E-state index < -0.39 is 6.04 Å². The molecule has 0 bridgehead atoms. The van der Waals surface area contributed by atoms with Crippen molar-refractivity contribution in [1.29, 1.82) is 0 Å². The molecule has 3 atom stereocenters. The SMILES string of the molecule is C=CCOCc1ccc(Br)nc1NC(=O)[C@@H]1C[C@@]2(CN(C)CC=C)C[C@H]2N1C(=O)Cn1nc(C(C)=O)c2cc(-c3cnc(C)nc3)ccc21. The van der Waals surface area contributed by atoms with Crippen LogP contribution in [0, 0.1) is 12.3 Å². The largest absolute Gasteiger partial charge is 0.373 e. The maximum atomic E-state index is 14.3. The first kappa shape index (κ1) is 34.3. The van der Waals surface area contributed by atoms with E-state index in [-0.39, 0.29) is 47.9 Å². The van der Waals surface area contributed by atoms with Crippen LogP contribution in [0.4, 0.5) is 5.82 Å². The number of piperidine rings is 1. The number of fused-ring (bicyclic) bond motifs is 2. The van der Waals surface area contributed by atoms with Crippen LogP contribution in [0.5, 0.6) is 0 Å². The van der Waals surface area contributed by atoms with E-state index in [9.17, 15) is 14.4 Å². The van der Waals surface area contributed by atoms with Gasteiger partial charge in [0.2, 0.25) is 11.8 Å². The summed E-state index contributed by atoms with van der Waals surface area (Å²) >= 11 is 3.41. The van der Waals surface area contributed by atoms with Crippen molar-refractivity contribution in [1.82, 2.24) is 34.5 Å². The number of Topliss-reactive ketones (excluding diaryl/α,β-unsaturated/α-hetero) is 1. The second-order valence-corrected chi connectivity index (χ2v) is 13.6. The van der Waals surface area contributed by atoms with Gasteiger partial charge in [0.25, 0.3) is 0 Å². The van der Waals surface area contributed by atoms with Crippen LogP contribution >= 0.6 is 15.9 Å². The van der Waals surface area contributed by atoms with Crippen molar-refractivity contribution in [2.24, 2.45) is 5.41 Å². The van der Waals surface area contributed by atoms with Crippen molar-refractivity contribution < 1.29 is 19.1 Å². The average molecular weight is 728 g/mol. The Morgan fingerprint density at radius 3 is 2.61 bits per heavy atom. The monoisotopic (exact) mass is 726 g/mol. The van der Waals surface area contributed by atoms with Crippen LogP contribution in [0.15, 0.2) is 72.6 Å². The minimum Gasteiger partial charge on any atom is -0.373 e. The third kappa shape index (κ3) is 7.10. The van der Waals surface area contributed by atoms with E-state index in [0.29, 0.717) is 52.3 Å². The van der Waals surface area contributed by atoms with Gasteiger partial charge in [0.1, 0.15) is 34.5 Å². The number of carbonyl (C=O) groups excluding carboxylic acids is 3. The van der Waals surface area contributed by atoms with Crippen LogP contribution in [0.2, 0.25) is 0 Å². The Balaban J connectivity index is 1.30. The number of amides is 2. The number of rotatable bonds is 14. The van der Waals surface area contributed by atoms with Gasteiger partial charge in [-0.3, -0.25) is 19.1 Å². The summed E-state index contributed by atoms with van der Waals surface area (Å²) in [4.78, 5) is 58.1. The predicted octanol–water partition coefficient (Wildman–Crippen LogP) is 4.98. The van der Waals surface area contributed by atoms with Gasteiger partial charge in [-0.25, -0.2) is 15.0 Å². The molecule has 6 rings (SSSR count). The van der Waals surface area contributed by atoms with E-state index >= 15 is 0 Å². The number of carbonyl (C=O) groups is 3. The Bertz CT molecular complexity index is 1940. The molecule has 1 N–H and O–H groups in total. The average Bonchev–Trinajstić information content (AvgIpc) is 3.46. The number of nitrogens with zero attached hydrogens (tertiary/aromatic N) is 7. The van der Waals surface area contributed by atoms with Gasteiger partial charge in [0.15, 0.2) is 5.78 Å². The van der Waals surface area contributed by atoms with Crippen LogP contribution in [0.25, 0.3) is 22.0 Å². The quantitative estimate of drug-likeness (QED) is 0.0826. The van der Waals surface area contributed by atoms with Crippen molar-refractivity contribution >= 4 is 50.2 Å². The number of ether oxygens (including phenoxy) is 1. The molecule has 0 radical (unpaired) electrons. The number of likely N-dealkylation sites (N-methyl/N-ethyl adjacent to an activating group) is 1. The number of pyridine rings is 1. The summed E-state index contributed by atoms with van der Waals surface area (Å²) in [5.41, 5.74) is 3.03. The van der Waals surface area contributed by atoms with Crippen molar-refractivity contribution in [3.63, 3.8) is 0 Å². The molecule has 13 heteroatoms. The lowest BCUT2D eigenvalue weighted by Crippen LogP contribution is -2.47. The number of ketones is 1. The first-order valence-corrected chi connectivity index (χ1v) is 16.9. The van der Waals surface area contributed by atoms with Crippen molar-refractivity contribution in [3.8, 4) is 11.1 Å². The van der Waals surface area contributed by atoms with E-state index in [1.54, 1.807) is 34.1 Å². The topological polar surface area (TPSA) is 135 Å². The maximum Gasteiger partial charge on any atom is 0.248 e. The molecule has 4 heterocycles. The summed E-state index contributed by atoms with van der Waals surface area (Å²) < 4.78 is 7.76. The highest BCUT2D eigenvalue weighted by atomic mass is 79.9. The molecule has 1 saturated carbocycles. The molecule has 2 fully saturated rings. The van der Waals surface area contributed by atoms with E-state index in [1.165, 1.54) is 6.92 Å². The van der Waals surface area contributed by atoms with Crippen LogP contribution in [0.3, 0.4) is 0 Å². The van der Waals surface area contributed by atoms with Gasteiger partial charge in [-0.2, -0.15) is 5.10 Å². The van der Waals surface area contributed by atoms with Gasteiger partial charge in [-0.1, -0.05) is 24.3 Å². The van der Waals surface area contributed by atoms with Gasteiger partial charge in [0, 0.05) is 60.4 Å². The Morgan fingerprint density at radius 1 is 1.12 bits per heavy atom. The zero-order valence-corrected chi connectivity index (χ0v) is 29.4. The number of aryl methyl sites for hydroxylation is 1. The van der Waals surface area contributed by atoms with Crippen LogP contribution in [-0.4, -0.2) is 91.0 Å². The molecular formula is C36H39BrN8O4. The Labute approximate surface area is 293 Å². The first-order valence-electron chi connectivity index (χ1n) is 16.1. The number of likely N-dealkylation sites (tertiary alicyclic amines) is 1. The van der Waals surface area contributed by atoms with Gasteiger partial charge in [-0.05, 0) is 66.5 Å². The molecule has 254 valence electrons. The van der Waals surface area contributed by atoms with Crippen molar-refractivity contribution in [3.05, 3.63) is 89.7 Å². The highest BCUT2D eigenvalue weighted by Crippen LogP contribution is 2.60. The molecule has 1 aromatic carbocycles. The second kappa shape index (κ2) is 14.1. The summed E-state index contributed by atoms with van der Waals surface area (Å²) in [5, 5.41) is 8.23. The Morgan fingerprint density at radius 2 is 1.90 bits per heavy atom.